The maximum Gasteiger partial charge on any atom is 0.340 e. The maximum atomic E-state index is 12.4. The molecule has 3 aromatic rings. The second-order valence-corrected chi connectivity index (χ2v) is 6.89. The molecule has 1 aliphatic carbocycles. The number of nitrogens with zero attached hydrogens (tertiary/aromatic N) is 3. The first-order valence-electron chi connectivity index (χ1n) is 7.85. The van der Waals surface area contributed by atoms with Crippen LogP contribution in [0.25, 0.3) is 10.8 Å². The Morgan fingerprint density at radius 2 is 2.25 bits per heavy atom. The summed E-state index contributed by atoms with van der Waals surface area (Å²) in [7, 11) is 0. The molecular weight excluding hydrogens is 326 g/mol. The zero-order chi connectivity index (χ0) is 16.7. The molecule has 7 heteroatoms. The molecule has 1 fully saturated rings. The molecule has 4 rings (SSSR count). The largest absolute Gasteiger partial charge is 0.452 e. The second kappa shape index (κ2) is 5.90. The maximum absolute atomic E-state index is 12.4. The fraction of sp³-hybridized carbons (Fsp3) is 0.353. The molecule has 3 aromatic heterocycles. The number of hydrogen-bond donors (Lipinski definition) is 0. The van der Waals surface area contributed by atoms with Gasteiger partial charge in [-0.2, -0.15) is 0 Å². The summed E-state index contributed by atoms with van der Waals surface area (Å²) in [6, 6.07) is 6.25. The van der Waals surface area contributed by atoms with Crippen molar-refractivity contribution in [1.29, 1.82) is 0 Å². The van der Waals surface area contributed by atoms with Crippen molar-refractivity contribution in [1.82, 2.24) is 14.8 Å². The average molecular weight is 343 g/mol. The van der Waals surface area contributed by atoms with E-state index < -0.39 is 0 Å². The summed E-state index contributed by atoms with van der Waals surface area (Å²) in [4.78, 5) is 13.3. The first-order valence-corrected chi connectivity index (χ1v) is 8.73. The minimum Gasteiger partial charge on any atom is -0.452 e. The van der Waals surface area contributed by atoms with Crippen LogP contribution >= 0.6 is 11.3 Å². The Balaban J connectivity index is 1.44. The van der Waals surface area contributed by atoms with E-state index in [-0.39, 0.29) is 12.6 Å². The Kier molecular flexibility index (Phi) is 3.72. The lowest BCUT2D eigenvalue weighted by Gasteiger charge is -2.07. The smallest absolute Gasteiger partial charge is 0.340 e. The van der Waals surface area contributed by atoms with Crippen LogP contribution in [0, 0.1) is 13.8 Å². The van der Waals surface area contributed by atoms with Crippen molar-refractivity contribution in [3.8, 4) is 10.8 Å². The Morgan fingerprint density at radius 1 is 1.42 bits per heavy atom. The van der Waals surface area contributed by atoms with Crippen LogP contribution in [0.15, 0.2) is 28.0 Å². The van der Waals surface area contributed by atoms with Crippen LogP contribution in [0.2, 0.25) is 0 Å². The summed E-state index contributed by atoms with van der Waals surface area (Å²) in [5.41, 5.74) is 2.67. The molecule has 0 N–H and O–H groups in total. The minimum absolute atomic E-state index is 0.0235. The Morgan fingerprint density at radius 3 is 2.96 bits per heavy atom. The van der Waals surface area contributed by atoms with E-state index in [0.717, 1.165) is 16.3 Å². The third-order valence-electron chi connectivity index (χ3n) is 4.14. The summed E-state index contributed by atoms with van der Waals surface area (Å²) in [6.07, 6.45) is 2.36. The van der Waals surface area contributed by atoms with Gasteiger partial charge in [0.2, 0.25) is 0 Å². The van der Waals surface area contributed by atoms with Crippen molar-refractivity contribution in [2.45, 2.75) is 39.3 Å². The van der Waals surface area contributed by atoms with E-state index in [2.05, 4.69) is 14.8 Å². The molecule has 0 aromatic carbocycles. The predicted octanol–water partition coefficient (Wildman–Crippen LogP) is 3.91. The van der Waals surface area contributed by atoms with Gasteiger partial charge in [-0.05, 0) is 44.2 Å². The van der Waals surface area contributed by atoms with E-state index in [1.165, 1.54) is 24.2 Å². The Bertz CT molecular complexity index is 875. The minimum atomic E-state index is -0.356. The average Bonchev–Trinajstić information content (AvgIpc) is 3.01. The van der Waals surface area contributed by atoms with E-state index in [4.69, 9.17) is 9.15 Å². The van der Waals surface area contributed by atoms with Crippen LogP contribution in [-0.4, -0.2) is 20.7 Å². The zero-order valence-corrected chi connectivity index (χ0v) is 14.3. The lowest BCUT2D eigenvalue weighted by atomic mass is 10.2. The van der Waals surface area contributed by atoms with E-state index in [1.807, 2.05) is 37.4 Å². The van der Waals surface area contributed by atoms with Gasteiger partial charge in [0, 0.05) is 17.4 Å². The summed E-state index contributed by atoms with van der Waals surface area (Å²) in [5.74, 6) is 0.386. The van der Waals surface area contributed by atoms with Crippen molar-refractivity contribution in [3.05, 3.63) is 46.4 Å². The lowest BCUT2D eigenvalue weighted by Crippen LogP contribution is -2.07. The SMILES string of the molecule is Cc1cc(C(=O)OCc2nnc(-c3cccs3)o2)c(C)n1C1CC1. The van der Waals surface area contributed by atoms with Gasteiger partial charge in [0.25, 0.3) is 11.8 Å². The second-order valence-electron chi connectivity index (χ2n) is 5.94. The van der Waals surface area contributed by atoms with Gasteiger partial charge in [0.05, 0.1) is 10.4 Å². The highest BCUT2D eigenvalue weighted by atomic mass is 32.1. The van der Waals surface area contributed by atoms with Gasteiger partial charge in [-0.1, -0.05) is 6.07 Å². The van der Waals surface area contributed by atoms with Gasteiger partial charge < -0.3 is 13.7 Å². The highest BCUT2D eigenvalue weighted by molar-refractivity contribution is 7.13. The third-order valence-corrected chi connectivity index (χ3v) is 5.00. The number of aryl methyl sites for hydroxylation is 1. The van der Waals surface area contributed by atoms with Crippen LogP contribution in [0.5, 0.6) is 0 Å². The molecular formula is C17H17N3O3S. The molecule has 0 unspecified atom stereocenters. The molecule has 0 radical (unpaired) electrons. The molecule has 1 aliphatic rings. The van der Waals surface area contributed by atoms with Crippen LogP contribution in [-0.2, 0) is 11.3 Å². The fourth-order valence-electron chi connectivity index (χ4n) is 2.90. The van der Waals surface area contributed by atoms with Gasteiger partial charge in [0.15, 0.2) is 6.61 Å². The van der Waals surface area contributed by atoms with E-state index in [1.54, 1.807) is 0 Å². The van der Waals surface area contributed by atoms with E-state index in [9.17, 15) is 4.79 Å². The third kappa shape index (κ3) is 2.75. The number of hydrogen-bond acceptors (Lipinski definition) is 6. The van der Waals surface area contributed by atoms with Crippen LogP contribution in [0.1, 0.15) is 46.5 Å². The summed E-state index contributed by atoms with van der Waals surface area (Å²) in [5, 5.41) is 9.84. The van der Waals surface area contributed by atoms with Gasteiger partial charge in [0.1, 0.15) is 0 Å². The van der Waals surface area contributed by atoms with E-state index >= 15 is 0 Å². The number of rotatable bonds is 5. The molecule has 124 valence electrons. The quantitative estimate of drug-likeness (QED) is 0.657. The molecule has 3 heterocycles. The molecule has 0 saturated heterocycles. The van der Waals surface area contributed by atoms with Gasteiger partial charge >= 0.3 is 5.97 Å². The molecule has 0 aliphatic heterocycles. The van der Waals surface area contributed by atoms with Crippen molar-refractivity contribution in [2.24, 2.45) is 0 Å². The molecule has 1 saturated carbocycles. The van der Waals surface area contributed by atoms with Crippen molar-refractivity contribution >= 4 is 17.3 Å². The van der Waals surface area contributed by atoms with Gasteiger partial charge in [-0.25, -0.2) is 4.79 Å². The number of aromatic nitrogens is 3. The topological polar surface area (TPSA) is 70.2 Å². The number of thiophene rings is 1. The summed E-state index contributed by atoms with van der Waals surface area (Å²) >= 11 is 1.52. The standard InChI is InChI=1S/C17H17N3O3S/c1-10-8-13(11(2)20(10)12-5-6-12)17(21)22-9-15-18-19-16(23-15)14-4-3-7-24-14/h3-4,7-8,12H,5-6,9H2,1-2H3. The van der Waals surface area contributed by atoms with Gasteiger partial charge in [-0.15, -0.1) is 21.5 Å². The molecule has 6 nitrogen and oxygen atoms in total. The summed E-state index contributed by atoms with van der Waals surface area (Å²) in [6.45, 7) is 3.96. The van der Waals surface area contributed by atoms with Gasteiger partial charge in [-0.3, -0.25) is 0 Å². The number of esters is 1. The number of carbonyl (C=O) groups excluding carboxylic acids is 1. The lowest BCUT2D eigenvalue weighted by molar-refractivity contribution is 0.0437. The Hall–Kier alpha value is -2.41. The van der Waals surface area contributed by atoms with Crippen LogP contribution < -0.4 is 0 Å². The van der Waals surface area contributed by atoms with Crippen molar-refractivity contribution < 1.29 is 13.9 Å². The highest BCUT2D eigenvalue weighted by Crippen LogP contribution is 2.38. The predicted molar refractivity (Wildman–Crippen MR) is 88.9 cm³/mol. The molecule has 0 atom stereocenters. The molecule has 0 bridgehead atoms. The highest BCUT2D eigenvalue weighted by Gasteiger charge is 2.28. The summed E-state index contributed by atoms with van der Waals surface area (Å²) < 4.78 is 13.1. The molecule has 0 spiro atoms. The van der Waals surface area contributed by atoms with Crippen LogP contribution in [0.4, 0.5) is 0 Å². The normalized spacial score (nSPS) is 14.1. The first-order chi connectivity index (χ1) is 11.6. The van der Waals surface area contributed by atoms with Crippen molar-refractivity contribution in [2.75, 3.05) is 0 Å². The Labute approximate surface area is 143 Å². The van der Waals surface area contributed by atoms with E-state index in [0.29, 0.717) is 23.4 Å². The molecule has 0 amide bonds. The zero-order valence-electron chi connectivity index (χ0n) is 13.5. The van der Waals surface area contributed by atoms with Crippen molar-refractivity contribution in [3.63, 3.8) is 0 Å². The number of carbonyl (C=O) groups is 1. The molecule has 24 heavy (non-hydrogen) atoms. The van der Waals surface area contributed by atoms with Crippen LogP contribution in [0.3, 0.4) is 0 Å². The first kappa shape index (κ1) is 15.1. The monoisotopic (exact) mass is 343 g/mol. The fourth-order valence-corrected chi connectivity index (χ4v) is 3.54. The number of ether oxygens (including phenoxy) is 1.